The summed E-state index contributed by atoms with van der Waals surface area (Å²) >= 11 is 0.963. The number of aromatic carboxylic acids is 1. The monoisotopic (exact) mass is 237 g/mol. The number of halogens is 1. The van der Waals surface area contributed by atoms with E-state index in [0.29, 0.717) is 10.6 Å². The van der Waals surface area contributed by atoms with Gasteiger partial charge < -0.3 is 5.11 Å². The first-order chi connectivity index (χ1) is 7.58. The summed E-state index contributed by atoms with van der Waals surface area (Å²) in [4.78, 5) is 14.7. The molecule has 0 radical (unpaired) electrons. The van der Waals surface area contributed by atoms with Gasteiger partial charge in [-0.25, -0.2) is 14.2 Å². The normalized spacial score (nSPS) is 10.4. The topological polar surface area (TPSA) is 50.2 Å². The number of hydrogen-bond acceptors (Lipinski definition) is 3. The van der Waals surface area contributed by atoms with Crippen LogP contribution in [0.1, 0.15) is 15.2 Å². The van der Waals surface area contributed by atoms with E-state index in [2.05, 4.69) is 4.98 Å². The largest absolute Gasteiger partial charge is 0.477 e. The van der Waals surface area contributed by atoms with Crippen LogP contribution in [0.25, 0.3) is 10.6 Å². The minimum absolute atomic E-state index is 0.106. The van der Waals surface area contributed by atoms with Gasteiger partial charge in [0.05, 0.1) is 6.20 Å². The van der Waals surface area contributed by atoms with E-state index in [0.717, 1.165) is 16.9 Å². The molecule has 16 heavy (non-hydrogen) atoms. The van der Waals surface area contributed by atoms with Crippen LogP contribution in [-0.2, 0) is 0 Å². The van der Waals surface area contributed by atoms with Crippen molar-refractivity contribution in [1.82, 2.24) is 4.98 Å². The van der Waals surface area contributed by atoms with Crippen LogP contribution in [0.5, 0.6) is 0 Å². The molecule has 2 aromatic rings. The highest BCUT2D eigenvalue weighted by atomic mass is 32.1. The lowest BCUT2D eigenvalue weighted by Gasteiger charge is -1.99. The molecule has 1 aromatic carbocycles. The fourth-order valence-electron chi connectivity index (χ4n) is 1.29. The number of carbonyl (C=O) groups is 1. The Morgan fingerprint density at radius 1 is 1.50 bits per heavy atom. The minimum atomic E-state index is -1.05. The zero-order valence-electron chi connectivity index (χ0n) is 8.40. The summed E-state index contributed by atoms with van der Waals surface area (Å²) in [5.74, 6) is -1.43. The molecule has 82 valence electrons. The van der Waals surface area contributed by atoms with E-state index in [-0.39, 0.29) is 10.7 Å². The van der Waals surface area contributed by atoms with E-state index in [4.69, 9.17) is 5.11 Å². The SMILES string of the molecule is Cc1ccc(-c2ncc(C(=O)O)s2)c(F)c1. The maximum absolute atomic E-state index is 13.6. The van der Waals surface area contributed by atoms with Gasteiger partial charge in [0.1, 0.15) is 15.7 Å². The van der Waals surface area contributed by atoms with E-state index in [1.807, 2.05) is 0 Å². The van der Waals surface area contributed by atoms with Gasteiger partial charge in [-0.3, -0.25) is 0 Å². The van der Waals surface area contributed by atoms with E-state index < -0.39 is 5.97 Å². The number of aryl methyl sites for hydroxylation is 1. The summed E-state index contributed by atoms with van der Waals surface area (Å²) in [5.41, 5.74) is 1.15. The molecule has 3 nitrogen and oxygen atoms in total. The summed E-state index contributed by atoms with van der Waals surface area (Å²) in [6.45, 7) is 1.79. The van der Waals surface area contributed by atoms with Gasteiger partial charge in [-0.1, -0.05) is 6.07 Å². The number of thiazole rings is 1. The van der Waals surface area contributed by atoms with Crippen LogP contribution in [0.3, 0.4) is 0 Å². The second kappa shape index (κ2) is 4.02. The molecule has 0 aliphatic rings. The van der Waals surface area contributed by atoms with Gasteiger partial charge >= 0.3 is 5.97 Å². The molecule has 1 N–H and O–H groups in total. The average Bonchev–Trinajstić information content (AvgIpc) is 2.66. The summed E-state index contributed by atoms with van der Waals surface area (Å²) < 4.78 is 13.6. The van der Waals surface area contributed by atoms with E-state index in [1.165, 1.54) is 12.3 Å². The van der Waals surface area contributed by atoms with E-state index >= 15 is 0 Å². The molecular formula is C11H8FNO2S. The molecule has 1 aromatic heterocycles. The third kappa shape index (κ3) is 1.94. The van der Waals surface area contributed by atoms with Crippen LogP contribution in [-0.4, -0.2) is 16.1 Å². The fraction of sp³-hybridized carbons (Fsp3) is 0.0909. The molecule has 0 saturated carbocycles. The first kappa shape index (κ1) is 10.8. The maximum atomic E-state index is 13.6. The molecule has 0 spiro atoms. The van der Waals surface area contributed by atoms with Crippen LogP contribution in [0, 0.1) is 12.7 Å². The number of benzene rings is 1. The third-order valence-corrected chi connectivity index (χ3v) is 3.09. The second-order valence-electron chi connectivity index (χ2n) is 3.32. The molecular weight excluding hydrogens is 229 g/mol. The molecule has 2 rings (SSSR count). The Hall–Kier alpha value is -1.75. The van der Waals surface area contributed by atoms with Crippen LogP contribution in [0.4, 0.5) is 4.39 Å². The Morgan fingerprint density at radius 3 is 2.81 bits per heavy atom. The van der Waals surface area contributed by atoms with Crippen molar-refractivity contribution in [3.63, 3.8) is 0 Å². The highest BCUT2D eigenvalue weighted by molar-refractivity contribution is 7.16. The molecule has 1 heterocycles. The summed E-state index contributed by atoms with van der Waals surface area (Å²) in [7, 11) is 0. The highest BCUT2D eigenvalue weighted by Gasteiger charge is 2.12. The van der Waals surface area contributed by atoms with Crippen molar-refractivity contribution in [3.05, 3.63) is 40.7 Å². The van der Waals surface area contributed by atoms with Crippen molar-refractivity contribution in [3.8, 4) is 10.6 Å². The molecule has 0 aliphatic carbocycles. The molecule has 0 fully saturated rings. The number of carboxylic acid groups (broad SMARTS) is 1. The van der Waals surface area contributed by atoms with Gasteiger partial charge in [0.15, 0.2) is 0 Å². The first-order valence-corrected chi connectivity index (χ1v) is 5.35. The molecule has 0 saturated heterocycles. The summed E-state index contributed by atoms with van der Waals surface area (Å²) in [5, 5.41) is 9.12. The highest BCUT2D eigenvalue weighted by Crippen LogP contribution is 2.27. The lowest BCUT2D eigenvalue weighted by Crippen LogP contribution is -1.89. The summed E-state index contributed by atoms with van der Waals surface area (Å²) in [6, 6.07) is 4.77. The van der Waals surface area contributed by atoms with Crippen molar-refractivity contribution in [2.24, 2.45) is 0 Å². The van der Waals surface area contributed by atoms with Crippen molar-refractivity contribution in [2.45, 2.75) is 6.92 Å². The van der Waals surface area contributed by atoms with Crippen LogP contribution in [0.2, 0.25) is 0 Å². The van der Waals surface area contributed by atoms with Gasteiger partial charge in [-0.2, -0.15) is 0 Å². The number of carboxylic acids is 1. The molecule has 0 atom stereocenters. The maximum Gasteiger partial charge on any atom is 0.347 e. The number of hydrogen-bond donors (Lipinski definition) is 1. The standard InChI is InChI=1S/C11H8FNO2S/c1-6-2-3-7(8(12)4-6)10-13-5-9(16-10)11(14)15/h2-5H,1H3,(H,14,15). The van der Waals surface area contributed by atoms with E-state index in [1.54, 1.807) is 19.1 Å². The predicted octanol–water partition coefficient (Wildman–Crippen LogP) is 2.96. The predicted molar refractivity (Wildman–Crippen MR) is 59.2 cm³/mol. The number of rotatable bonds is 2. The van der Waals surface area contributed by atoms with Gasteiger partial charge in [0.2, 0.25) is 0 Å². The Labute approximate surface area is 95.2 Å². The zero-order chi connectivity index (χ0) is 11.7. The lowest BCUT2D eigenvalue weighted by molar-refractivity contribution is 0.0702. The van der Waals surface area contributed by atoms with Crippen molar-refractivity contribution in [1.29, 1.82) is 0 Å². The van der Waals surface area contributed by atoms with Crippen molar-refractivity contribution < 1.29 is 14.3 Å². The smallest absolute Gasteiger partial charge is 0.347 e. The van der Waals surface area contributed by atoms with Gasteiger partial charge in [-0.15, -0.1) is 11.3 Å². The summed E-state index contributed by atoms with van der Waals surface area (Å²) in [6.07, 6.45) is 1.24. The Bertz CT molecular complexity index is 551. The number of aromatic nitrogens is 1. The van der Waals surface area contributed by atoms with Crippen LogP contribution < -0.4 is 0 Å². The van der Waals surface area contributed by atoms with E-state index in [9.17, 15) is 9.18 Å². The van der Waals surface area contributed by atoms with Crippen molar-refractivity contribution >= 4 is 17.3 Å². The third-order valence-electron chi connectivity index (χ3n) is 2.07. The molecule has 0 amide bonds. The first-order valence-electron chi connectivity index (χ1n) is 4.53. The molecule has 0 unspecified atom stereocenters. The second-order valence-corrected chi connectivity index (χ2v) is 4.35. The van der Waals surface area contributed by atoms with Gasteiger partial charge in [0.25, 0.3) is 0 Å². The van der Waals surface area contributed by atoms with Crippen molar-refractivity contribution in [2.75, 3.05) is 0 Å². The lowest BCUT2D eigenvalue weighted by atomic mass is 10.1. The van der Waals surface area contributed by atoms with Gasteiger partial charge in [-0.05, 0) is 24.6 Å². The molecule has 0 bridgehead atoms. The Balaban J connectivity index is 2.46. The Kier molecular flexibility index (Phi) is 2.70. The Morgan fingerprint density at radius 2 is 2.25 bits per heavy atom. The minimum Gasteiger partial charge on any atom is -0.477 e. The molecule has 0 aliphatic heterocycles. The van der Waals surface area contributed by atoms with Crippen LogP contribution in [0.15, 0.2) is 24.4 Å². The van der Waals surface area contributed by atoms with Gasteiger partial charge in [0, 0.05) is 5.56 Å². The number of nitrogens with zero attached hydrogens (tertiary/aromatic N) is 1. The van der Waals surface area contributed by atoms with Crippen LogP contribution >= 0.6 is 11.3 Å². The average molecular weight is 237 g/mol. The quantitative estimate of drug-likeness (QED) is 0.873. The molecule has 5 heteroatoms. The zero-order valence-corrected chi connectivity index (χ0v) is 9.21. The fourth-order valence-corrected chi connectivity index (χ4v) is 2.07.